The van der Waals surface area contributed by atoms with Crippen molar-refractivity contribution in [3.8, 4) is 0 Å². The molecule has 0 amide bonds. The van der Waals surface area contributed by atoms with Gasteiger partial charge in [-0.2, -0.15) is 16.8 Å². The summed E-state index contributed by atoms with van der Waals surface area (Å²) in [5.41, 5.74) is 0. The van der Waals surface area contributed by atoms with Crippen molar-refractivity contribution < 1.29 is 63.0 Å². The number of hydrogen-bond acceptors (Lipinski definition) is 11. The maximum absolute atomic E-state index is 9.08. The van der Waals surface area contributed by atoms with Crippen molar-refractivity contribution >= 4 is 68.5 Å². The smallest absolute Gasteiger partial charge is 1.00 e. The maximum Gasteiger partial charge on any atom is 2.00 e. The van der Waals surface area contributed by atoms with Crippen LogP contribution in [0, 0.1) is 0 Å². The van der Waals surface area contributed by atoms with Gasteiger partial charge in [-0.05, 0) is 0 Å². The Kier molecular flexibility index (Phi) is 27.8. The Bertz CT molecular complexity index is 305. The summed E-state index contributed by atoms with van der Waals surface area (Å²) in [6.07, 6.45) is 0. The molecule has 110 valence electrons. The predicted octanol–water partition coefficient (Wildman–Crippen LogP) is -4.83. The van der Waals surface area contributed by atoms with Crippen LogP contribution in [0.2, 0.25) is 0 Å². The minimum absolute atomic E-state index is 0. The molecule has 0 unspecified atom stereocenters. The zero-order valence-corrected chi connectivity index (χ0v) is 10.7. The molecule has 0 heterocycles. The van der Waals surface area contributed by atoms with Crippen molar-refractivity contribution in [2.75, 3.05) is 0 Å². The van der Waals surface area contributed by atoms with Crippen LogP contribution in [0.25, 0.3) is 0 Å². The molecule has 0 spiro atoms. The second-order valence-corrected chi connectivity index (χ2v) is 3.36. The summed E-state index contributed by atoms with van der Waals surface area (Å²) in [7, 11) is -11.4. The van der Waals surface area contributed by atoms with Crippen molar-refractivity contribution in [3.63, 3.8) is 0 Å². The molecule has 0 aliphatic heterocycles. The molecule has 0 aliphatic carbocycles. The Hall–Kier alpha value is 0.904. The van der Waals surface area contributed by atoms with E-state index in [-0.39, 0.29) is 43.3 Å². The third-order valence-electron chi connectivity index (χ3n) is 0.188. The fourth-order valence-corrected chi connectivity index (χ4v) is 0. The van der Waals surface area contributed by atoms with Gasteiger partial charge in [-0.3, -0.25) is 9.11 Å². The Labute approximate surface area is 131 Å². The van der Waals surface area contributed by atoms with Gasteiger partial charge >= 0.3 is 51.2 Å². The summed E-state index contributed by atoms with van der Waals surface area (Å²) in [6.45, 7) is 0. The van der Waals surface area contributed by atoms with Gasteiger partial charge in [-0.15, -0.1) is 0 Å². The summed E-state index contributed by atoms with van der Waals surface area (Å²) in [5, 5.41) is 35.6. The van der Waals surface area contributed by atoms with Crippen LogP contribution >= 0.6 is 0 Å². The van der Waals surface area contributed by atoms with E-state index in [0.717, 1.165) is 0 Å². The Morgan fingerprint density at radius 1 is 0.833 bits per heavy atom. The van der Waals surface area contributed by atoms with E-state index in [1.165, 1.54) is 0 Å². The molecule has 0 saturated heterocycles. The molecular weight excluding hydrogens is 334 g/mol. The fraction of sp³-hybridized carbons (Fsp3) is 0. The van der Waals surface area contributed by atoms with Crippen LogP contribution in [0.15, 0.2) is 0 Å². The minimum Gasteiger partial charge on any atom is -1.00 e. The topological polar surface area (TPSA) is 228 Å². The van der Waals surface area contributed by atoms with Gasteiger partial charge in [0.05, 0.1) is 0 Å². The number of hydrogen-bond donors (Lipinski definition) is 7. The SMILES string of the molecule is O=S(=O)(O)OO.O=S(=O)(O)OO.OB(O)O.[AlH3].[H-].[H-].[Mg+2]. The second kappa shape index (κ2) is 16.0. The van der Waals surface area contributed by atoms with Gasteiger partial charge in [-0.1, -0.05) is 8.67 Å². The quantitative estimate of drug-likeness (QED) is 0.108. The Morgan fingerprint density at radius 3 is 0.889 bits per heavy atom. The Balaban J connectivity index is -0.0000000234. The second-order valence-electron chi connectivity index (χ2n) is 1.35. The minimum atomic E-state index is -4.61. The molecule has 18 heteroatoms. The third-order valence-corrected chi connectivity index (χ3v) is 0.565. The maximum atomic E-state index is 9.08. The van der Waals surface area contributed by atoms with Crippen LogP contribution in [0.3, 0.4) is 0 Å². The molecule has 0 atom stereocenters. The predicted molar refractivity (Wildman–Crippen MR) is 60.9 cm³/mol. The summed E-state index contributed by atoms with van der Waals surface area (Å²) in [5.74, 6) is 0. The van der Waals surface area contributed by atoms with Gasteiger partial charge in [0.2, 0.25) is 0 Å². The van der Waals surface area contributed by atoms with Crippen molar-refractivity contribution in [2.24, 2.45) is 0 Å². The molecule has 0 rings (SSSR count). The average Bonchev–Trinajstić information content (AvgIpc) is 2.02. The van der Waals surface area contributed by atoms with E-state index < -0.39 is 28.1 Å². The van der Waals surface area contributed by atoms with Crippen molar-refractivity contribution in [3.05, 3.63) is 0 Å². The van der Waals surface area contributed by atoms with Crippen LogP contribution in [0.4, 0.5) is 0 Å². The van der Waals surface area contributed by atoms with E-state index in [1.807, 2.05) is 0 Å². The van der Waals surface area contributed by atoms with Crippen LogP contribution < -0.4 is 0 Å². The molecule has 7 N–H and O–H groups in total. The standard InChI is InChI=1S/Al.BH3O3.Mg.2H2O5S.5H/c;2-1(3)4;;2*1-5-6(2,3)4;;;;;/h;2-4H;;2*1H,(H,2,3,4);;;;;/q;;+2;;;;;;2*-1. The molecular formula is H12AlBMgO13S2. The van der Waals surface area contributed by atoms with E-state index in [9.17, 15) is 0 Å². The van der Waals surface area contributed by atoms with Crippen LogP contribution in [-0.2, 0) is 29.5 Å². The molecule has 0 aliphatic rings. The molecule has 0 saturated carbocycles. The first kappa shape index (κ1) is 31.3. The normalized spacial score (nSPS) is 9.28. The van der Waals surface area contributed by atoms with Gasteiger partial charge < -0.3 is 17.9 Å². The van der Waals surface area contributed by atoms with E-state index in [2.05, 4.69) is 8.67 Å². The molecule has 0 bridgehead atoms. The van der Waals surface area contributed by atoms with E-state index >= 15 is 0 Å². The monoisotopic (exact) mass is 346 g/mol. The van der Waals surface area contributed by atoms with Crippen LogP contribution in [0.1, 0.15) is 2.85 Å². The molecule has 0 aromatic heterocycles. The van der Waals surface area contributed by atoms with Gasteiger partial charge in [-0.25, -0.2) is 10.5 Å². The number of rotatable bonds is 2. The first-order chi connectivity index (χ1) is 6.85. The summed E-state index contributed by atoms with van der Waals surface area (Å²) in [6, 6.07) is 0. The summed E-state index contributed by atoms with van der Waals surface area (Å²) in [4.78, 5) is 0. The van der Waals surface area contributed by atoms with E-state index in [1.54, 1.807) is 0 Å². The van der Waals surface area contributed by atoms with Crippen LogP contribution in [0.5, 0.6) is 0 Å². The van der Waals surface area contributed by atoms with E-state index in [0.29, 0.717) is 0 Å². The average molecular weight is 346 g/mol. The van der Waals surface area contributed by atoms with E-state index in [4.69, 9.17) is 51.5 Å². The first-order valence-corrected chi connectivity index (χ1v) is 5.24. The largest absolute Gasteiger partial charge is 2.00 e. The van der Waals surface area contributed by atoms with Gasteiger partial charge in [0, 0.05) is 0 Å². The van der Waals surface area contributed by atoms with Crippen LogP contribution in [-0.4, -0.2) is 99.3 Å². The van der Waals surface area contributed by atoms with Gasteiger partial charge in [0.1, 0.15) is 0 Å². The van der Waals surface area contributed by atoms with Crippen molar-refractivity contribution in [1.82, 2.24) is 0 Å². The molecule has 0 aromatic carbocycles. The van der Waals surface area contributed by atoms with Crippen molar-refractivity contribution in [2.45, 2.75) is 0 Å². The first-order valence-electron chi connectivity index (χ1n) is 2.50. The zero-order valence-electron chi connectivity index (χ0n) is 9.68. The molecule has 18 heavy (non-hydrogen) atoms. The zero-order chi connectivity index (χ0) is 14.0. The third kappa shape index (κ3) is 89.7. The van der Waals surface area contributed by atoms with Crippen molar-refractivity contribution in [1.29, 1.82) is 0 Å². The molecule has 0 fully saturated rings. The Morgan fingerprint density at radius 2 is 0.889 bits per heavy atom. The summed E-state index contributed by atoms with van der Waals surface area (Å²) >= 11 is 0. The van der Waals surface area contributed by atoms with Gasteiger partial charge in [0.15, 0.2) is 17.4 Å². The molecule has 0 aromatic rings. The fourth-order valence-electron chi connectivity index (χ4n) is 0. The van der Waals surface area contributed by atoms with Gasteiger partial charge in [0.25, 0.3) is 0 Å². The molecule has 0 radical (unpaired) electrons. The molecule has 13 nitrogen and oxygen atoms in total. The summed E-state index contributed by atoms with van der Waals surface area (Å²) < 4.78 is 55.9.